The van der Waals surface area contributed by atoms with Crippen LogP contribution >= 0.6 is 15.9 Å². The van der Waals surface area contributed by atoms with Crippen LogP contribution in [0.1, 0.15) is 23.2 Å². The molecule has 1 heterocycles. The minimum Gasteiger partial charge on any atom is -0.348 e. The zero-order valence-corrected chi connectivity index (χ0v) is 12.1. The molecule has 0 saturated carbocycles. The molecule has 1 aliphatic heterocycles. The molecular formula is C12H14BrNO3S. The zero-order valence-electron chi connectivity index (χ0n) is 9.73. The van der Waals surface area contributed by atoms with Crippen molar-refractivity contribution in [1.29, 1.82) is 0 Å². The molecule has 1 saturated heterocycles. The highest BCUT2D eigenvalue weighted by Gasteiger charge is 2.26. The van der Waals surface area contributed by atoms with E-state index in [1.807, 2.05) is 6.07 Å². The fourth-order valence-electron chi connectivity index (χ4n) is 2.04. The van der Waals surface area contributed by atoms with Gasteiger partial charge in [-0.3, -0.25) is 4.79 Å². The number of carbonyl (C=O) groups excluding carboxylic acids is 1. The van der Waals surface area contributed by atoms with E-state index in [1.165, 1.54) is 0 Å². The lowest BCUT2D eigenvalue weighted by molar-refractivity contribution is 0.0938. The van der Waals surface area contributed by atoms with Crippen molar-refractivity contribution in [2.24, 2.45) is 0 Å². The molecule has 6 heteroatoms. The summed E-state index contributed by atoms with van der Waals surface area (Å²) in [7, 11) is -2.99. The summed E-state index contributed by atoms with van der Waals surface area (Å²) >= 11 is 3.30. The summed E-state index contributed by atoms with van der Waals surface area (Å²) in [4.78, 5) is 11.9. The molecule has 4 nitrogen and oxygen atoms in total. The second-order valence-electron chi connectivity index (χ2n) is 4.44. The average molecular weight is 332 g/mol. The Morgan fingerprint density at radius 1 is 1.39 bits per heavy atom. The van der Waals surface area contributed by atoms with E-state index in [1.54, 1.807) is 18.2 Å². The number of rotatable bonds is 2. The van der Waals surface area contributed by atoms with E-state index in [2.05, 4.69) is 21.2 Å². The van der Waals surface area contributed by atoms with Crippen molar-refractivity contribution in [3.8, 4) is 0 Å². The topological polar surface area (TPSA) is 63.2 Å². The highest BCUT2D eigenvalue weighted by atomic mass is 79.9. The Bertz CT molecular complexity index is 556. The van der Waals surface area contributed by atoms with Crippen LogP contribution in [-0.2, 0) is 9.84 Å². The Hall–Kier alpha value is -0.880. The first-order valence-corrected chi connectivity index (χ1v) is 8.34. The van der Waals surface area contributed by atoms with Crippen molar-refractivity contribution in [2.75, 3.05) is 11.5 Å². The number of hydrogen-bond donors (Lipinski definition) is 1. The van der Waals surface area contributed by atoms with Crippen LogP contribution in [0.25, 0.3) is 0 Å². The third-order valence-corrected chi connectivity index (χ3v) is 5.20. The summed E-state index contributed by atoms with van der Waals surface area (Å²) in [5.74, 6) is 0.0570. The summed E-state index contributed by atoms with van der Waals surface area (Å²) in [5.41, 5.74) is 0.535. The van der Waals surface area contributed by atoms with E-state index in [0.717, 1.165) is 10.9 Å². The lowest BCUT2D eigenvalue weighted by Gasteiger charge is -2.23. The van der Waals surface area contributed by atoms with Gasteiger partial charge in [-0.1, -0.05) is 22.0 Å². The highest BCUT2D eigenvalue weighted by Crippen LogP contribution is 2.14. The van der Waals surface area contributed by atoms with Gasteiger partial charge in [0.05, 0.1) is 11.5 Å². The predicted molar refractivity (Wildman–Crippen MR) is 73.3 cm³/mol. The normalized spacial score (nSPS) is 22.4. The number of sulfone groups is 1. The highest BCUT2D eigenvalue weighted by molar-refractivity contribution is 9.10. The van der Waals surface area contributed by atoms with Gasteiger partial charge in [0.1, 0.15) is 0 Å². The third-order valence-electron chi connectivity index (χ3n) is 2.89. The number of amides is 1. The summed E-state index contributed by atoms with van der Waals surface area (Å²) in [5, 5.41) is 2.78. The second kappa shape index (κ2) is 5.40. The first kappa shape index (κ1) is 13.5. The van der Waals surface area contributed by atoms with Gasteiger partial charge in [0.2, 0.25) is 0 Å². The molecule has 1 fully saturated rings. The lowest BCUT2D eigenvalue weighted by atomic mass is 10.1. The first-order chi connectivity index (χ1) is 8.46. The standard InChI is InChI=1S/C12H14BrNO3S/c13-10-4-1-3-9(7-10)12(15)14-11-5-2-6-18(16,17)8-11/h1,3-4,7,11H,2,5-6,8H2,(H,14,15). The number of carbonyl (C=O) groups is 1. The summed E-state index contributed by atoms with van der Waals surface area (Å²) < 4.78 is 23.8. The molecule has 0 aliphatic carbocycles. The third kappa shape index (κ3) is 3.55. The van der Waals surface area contributed by atoms with Crippen molar-refractivity contribution in [3.63, 3.8) is 0 Å². The Morgan fingerprint density at radius 3 is 2.83 bits per heavy atom. The van der Waals surface area contributed by atoms with Crippen LogP contribution < -0.4 is 5.32 Å². The Balaban J connectivity index is 2.03. The van der Waals surface area contributed by atoms with Gasteiger partial charge in [-0.2, -0.15) is 0 Å². The van der Waals surface area contributed by atoms with Crippen LogP contribution in [0, 0.1) is 0 Å². The number of nitrogens with one attached hydrogen (secondary N) is 1. The van der Waals surface area contributed by atoms with Crippen molar-refractivity contribution < 1.29 is 13.2 Å². The van der Waals surface area contributed by atoms with Crippen molar-refractivity contribution in [2.45, 2.75) is 18.9 Å². The van der Waals surface area contributed by atoms with Crippen LogP contribution in [-0.4, -0.2) is 31.9 Å². The lowest BCUT2D eigenvalue weighted by Crippen LogP contribution is -2.43. The molecular weight excluding hydrogens is 318 g/mol. The summed E-state index contributed by atoms with van der Waals surface area (Å²) in [6.07, 6.45) is 1.34. The SMILES string of the molecule is O=C(NC1CCCS(=O)(=O)C1)c1cccc(Br)c1. The largest absolute Gasteiger partial charge is 0.348 e. The second-order valence-corrected chi connectivity index (χ2v) is 7.58. The van der Waals surface area contributed by atoms with Crippen molar-refractivity contribution in [3.05, 3.63) is 34.3 Å². The number of benzene rings is 1. The molecule has 1 amide bonds. The maximum Gasteiger partial charge on any atom is 0.251 e. The minimum atomic E-state index is -2.99. The molecule has 1 unspecified atom stereocenters. The molecule has 1 aliphatic rings. The zero-order chi connectivity index (χ0) is 13.2. The van der Waals surface area contributed by atoms with Crippen molar-refractivity contribution >= 4 is 31.7 Å². The fraction of sp³-hybridized carbons (Fsp3) is 0.417. The quantitative estimate of drug-likeness (QED) is 0.898. The van der Waals surface area contributed by atoms with E-state index in [4.69, 9.17) is 0 Å². The molecule has 1 N–H and O–H groups in total. The Labute approximate surface area is 115 Å². The van der Waals surface area contributed by atoms with Crippen LogP contribution in [0.5, 0.6) is 0 Å². The smallest absolute Gasteiger partial charge is 0.251 e. The Morgan fingerprint density at radius 2 is 2.17 bits per heavy atom. The van der Waals surface area contributed by atoms with Gasteiger partial charge >= 0.3 is 0 Å². The van der Waals surface area contributed by atoms with E-state index >= 15 is 0 Å². The van der Waals surface area contributed by atoms with Crippen LogP contribution in [0.15, 0.2) is 28.7 Å². The van der Waals surface area contributed by atoms with Gasteiger partial charge in [-0.05, 0) is 31.0 Å². The predicted octanol–water partition coefficient (Wildman–Crippen LogP) is 1.76. The molecule has 2 rings (SSSR count). The van der Waals surface area contributed by atoms with Gasteiger partial charge in [0, 0.05) is 16.1 Å². The van der Waals surface area contributed by atoms with Gasteiger partial charge in [0.25, 0.3) is 5.91 Å². The molecule has 18 heavy (non-hydrogen) atoms. The van der Waals surface area contributed by atoms with Gasteiger partial charge in [-0.15, -0.1) is 0 Å². The number of halogens is 1. The van der Waals surface area contributed by atoms with E-state index in [0.29, 0.717) is 12.0 Å². The number of hydrogen-bond acceptors (Lipinski definition) is 3. The molecule has 0 spiro atoms. The monoisotopic (exact) mass is 331 g/mol. The van der Waals surface area contributed by atoms with Crippen LogP contribution in [0.3, 0.4) is 0 Å². The molecule has 0 bridgehead atoms. The maximum absolute atomic E-state index is 11.9. The van der Waals surface area contributed by atoms with Gasteiger partial charge in [0.15, 0.2) is 9.84 Å². The molecule has 0 radical (unpaired) electrons. The molecule has 1 aromatic carbocycles. The minimum absolute atomic E-state index is 0.0484. The molecule has 98 valence electrons. The summed E-state index contributed by atoms with van der Waals surface area (Å²) in [6.45, 7) is 0. The fourth-order valence-corrected chi connectivity index (χ4v) is 4.07. The van der Waals surface area contributed by atoms with Gasteiger partial charge in [-0.25, -0.2) is 8.42 Å². The average Bonchev–Trinajstić information content (AvgIpc) is 2.27. The molecule has 1 atom stereocenters. The van der Waals surface area contributed by atoms with Crippen molar-refractivity contribution in [1.82, 2.24) is 5.32 Å². The Kier molecular flexibility index (Phi) is 4.07. The maximum atomic E-state index is 11.9. The van der Waals surface area contributed by atoms with Gasteiger partial charge < -0.3 is 5.32 Å². The summed E-state index contributed by atoms with van der Waals surface area (Å²) in [6, 6.07) is 6.76. The van der Waals surface area contributed by atoms with Crippen LogP contribution in [0.4, 0.5) is 0 Å². The van der Waals surface area contributed by atoms with E-state index in [9.17, 15) is 13.2 Å². The van der Waals surface area contributed by atoms with E-state index in [-0.39, 0.29) is 23.5 Å². The van der Waals surface area contributed by atoms with Crippen LogP contribution in [0.2, 0.25) is 0 Å². The molecule has 1 aromatic rings. The first-order valence-electron chi connectivity index (χ1n) is 5.73. The molecule has 0 aromatic heterocycles. The van der Waals surface area contributed by atoms with E-state index < -0.39 is 9.84 Å².